The predicted molar refractivity (Wildman–Crippen MR) is 77.0 cm³/mol. The number of nitro benzene ring substituents is 1. The van der Waals surface area contributed by atoms with Crippen LogP contribution in [0, 0.1) is 10.1 Å². The minimum Gasteiger partial charge on any atom is -0.346 e. The number of hydrazine groups is 1. The standard InChI is InChI=1S/C11H11N5O4S/c12-15-6-1-2-9(16(19)20)8(3-6)10(17)13-4-7-5-21-11(18)14-7/h1-3,5,15H,4,12H2,(H,13,17)(H,14,18). The average molecular weight is 309 g/mol. The largest absolute Gasteiger partial charge is 0.346 e. The van der Waals surface area contributed by atoms with Gasteiger partial charge in [0.05, 0.1) is 11.5 Å². The second-order valence-electron chi connectivity index (χ2n) is 3.99. The van der Waals surface area contributed by atoms with Gasteiger partial charge in [0.2, 0.25) is 0 Å². The Morgan fingerprint density at radius 3 is 2.81 bits per heavy atom. The zero-order chi connectivity index (χ0) is 15.4. The first-order chi connectivity index (χ1) is 10.0. The SMILES string of the molecule is NNc1ccc([N+](=O)[O-])c(C(=O)NCc2csc(=O)[nH]2)c1. The number of carbonyl (C=O) groups is 1. The molecule has 9 nitrogen and oxygen atoms in total. The van der Waals surface area contributed by atoms with Crippen molar-refractivity contribution in [3.8, 4) is 0 Å². The van der Waals surface area contributed by atoms with Crippen molar-refractivity contribution in [3.63, 3.8) is 0 Å². The molecule has 0 radical (unpaired) electrons. The molecule has 0 fully saturated rings. The maximum Gasteiger partial charge on any atom is 0.304 e. The third-order valence-electron chi connectivity index (χ3n) is 2.61. The molecule has 0 aliphatic carbocycles. The van der Waals surface area contributed by atoms with Gasteiger partial charge in [0.25, 0.3) is 11.6 Å². The summed E-state index contributed by atoms with van der Waals surface area (Å²) in [6.45, 7) is 0.0645. The van der Waals surface area contributed by atoms with Crippen LogP contribution >= 0.6 is 11.3 Å². The van der Waals surface area contributed by atoms with E-state index in [2.05, 4.69) is 15.7 Å². The lowest BCUT2D eigenvalue weighted by Gasteiger charge is -2.07. The minimum absolute atomic E-state index is 0.0645. The van der Waals surface area contributed by atoms with Crippen LogP contribution in [0.1, 0.15) is 16.1 Å². The molecule has 0 unspecified atom stereocenters. The number of nitrogens with zero attached hydrogens (tertiary/aromatic N) is 1. The number of H-pyrrole nitrogens is 1. The van der Waals surface area contributed by atoms with E-state index in [1.54, 1.807) is 5.38 Å². The zero-order valence-corrected chi connectivity index (χ0v) is 11.4. The van der Waals surface area contributed by atoms with Crippen molar-refractivity contribution in [1.29, 1.82) is 0 Å². The molecule has 0 aliphatic rings. The number of nitrogens with one attached hydrogen (secondary N) is 3. The smallest absolute Gasteiger partial charge is 0.304 e. The number of nitrogens with two attached hydrogens (primary N) is 1. The lowest BCUT2D eigenvalue weighted by molar-refractivity contribution is -0.385. The summed E-state index contributed by atoms with van der Waals surface area (Å²) in [6.07, 6.45) is 0. The Kier molecular flexibility index (Phi) is 4.30. The first kappa shape index (κ1) is 14.7. The van der Waals surface area contributed by atoms with Crippen molar-refractivity contribution in [2.45, 2.75) is 6.54 Å². The van der Waals surface area contributed by atoms with E-state index in [0.717, 1.165) is 11.3 Å². The molecule has 0 bridgehead atoms. The molecular weight excluding hydrogens is 298 g/mol. The number of rotatable bonds is 5. The number of aromatic amines is 1. The Labute approximate surface area is 121 Å². The van der Waals surface area contributed by atoms with Crippen LogP contribution in [-0.2, 0) is 6.54 Å². The number of aromatic nitrogens is 1. The molecule has 110 valence electrons. The Balaban J connectivity index is 2.20. The number of anilines is 1. The Hall–Kier alpha value is -2.72. The van der Waals surface area contributed by atoms with Crippen LogP contribution in [0.3, 0.4) is 0 Å². The van der Waals surface area contributed by atoms with Gasteiger partial charge in [-0.05, 0) is 12.1 Å². The summed E-state index contributed by atoms with van der Waals surface area (Å²) in [7, 11) is 0. The van der Waals surface area contributed by atoms with Gasteiger partial charge in [-0.1, -0.05) is 11.3 Å². The summed E-state index contributed by atoms with van der Waals surface area (Å²) in [6, 6.07) is 3.87. The van der Waals surface area contributed by atoms with Crippen LogP contribution in [-0.4, -0.2) is 15.8 Å². The molecule has 21 heavy (non-hydrogen) atoms. The Morgan fingerprint density at radius 2 is 2.24 bits per heavy atom. The number of amides is 1. The van der Waals surface area contributed by atoms with Crippen LogP contribution in [0.25, 0.3) is 0 Å². The Bertz CT molecular complexity index is 738. The quantitative estimate of drug-likeness (QED) is 0.361. The maximum absolute atomic E-state index is 12.0. The molecule has 1 aromatic carbocycles. The van der Waals surface area contributed by atoms with Crippen molar-refractivity contribution < 1.29 is 9.72 Å². The highest BCUT2D eigenvalue weighted by Gasteiger charge is 2.20. The van der Waals surface area contributed by atoms with Crippen LogP contribution in [0.4, 0.5) is 11.4 Å². The Morgan fingerprint density at radius 1 is 1.48 bits per heavy atom. The topological polar surface area (TPSA) is 143 Å². The molecular formula is C11H11N5O4S. The lowest BCUT2D eigenvalue weighted by Crippen LogP contribution is -2.24. The highest BCUT2D eigenvalue weighted by molar-refractivity contribution is 7.07. The second kappa shape index (κ2) is 6.15. The summed E-state index contributed by atoms with van der Waals surface area (Å²) >= 11 is 0.969. The number of thiazole rings is 1. The van der Waals surface area contributed by atoms with Crippen LogP contribution < -0.4 is 21.5 Å². The van der Waals surface area contributed by atoms with Gasteiger partial charge in [0.15, 0.2) is 0 Å². The average Bonchev–Trinajstić information content (AvgIpc) is 2.89. The van der Waals surface area contributed by atoms with E-state index in [9.17, 15) is 19.7 Å². The van der Waals surface area contributed by atoms with Gasteiger partial charge in [0.1, 0.15) is 5.56 Å². The monoisotopic (exact) mass is 309 g/mol. The van der Waals surface area contributed by atoms with Crippen molar-refractivity contribution >= 4 is 28.6 Å². The fraction of sp³-hybridized carbons (Fsp3) is 0.0909. The summed E-state index contributed by atoms with van der Waals surface area (Å²) in [5.74, 6) is 4.59. The molecule has 2 rings (SSSR count). The van der Waals surface area contributed by atoms with Gasteiger partial charge in [-0.3, -0.25) is 25.5 Å². The molecule has 0 atom stereocenters. The van der Waals surface area contributed by atoms with Gasteiger partial charge in [-0.25, -0.2) is 0 Å². The van der Waals surface area contributed by atoms with E-state index in [-0.39, 0.29) is 22.7 Å². The predicted octanol–water partition coefficient (Wildman–Crippen LogP) is 0.560. The third kappa shape index (κ3) is 3.43. The molecule has 10 heteroatoms. The van der Waals surface area contributed by atoms with Crippen LogP contribution in [0.15, 0.2) is 28.4 Å². The molecule has 5 N–H and O–H groups in total. The van der Waals surface area contributed by atoms with Gasteiger partial charge < -0.3 is 15.7 Å². The van der Waals surface area contributed by atoms with Crippen molar-refractivity contribution in [2.24, 2.45) is 5.84 Å². The molecule has 0 spiro atoms. The minimum atomic E-state index is -0.651. The zero-order valence-electron chi connectivity index (χ0n) is 10.6. The number of carbonyl (C=O) groups excluding carboxylic acids is 1. The maximum atomic E-state index is 12.0. The van der Waals surface area contributed by atoms with Crippen LogP contribution in [0.2, 0.25) is 0 Å². The number of hydrogen-bond acceptors (Lipinski definition) is 7. The van der Waals surface area contributed by atoms with E-state index in [1.807, 2.05) is 0 Å². The van der Waals surface area contributed by atoms with E-state index in [0.29, 0.717) is 11.4 Å². The molecule has 0 saturated heterocycles. The molecule has 2 aromatic rings. The highest BCUT2D eigenvalue weighted by atomic mass is 32.1. The summed E-state index contributed by atoms with van der Waals surface area (Å²) in [4.78, 5) is 35.6. The van der Waals surface area contributed by atoms with Crippen molar-refractivity contribution in [2.75, 3.05) is 5.43 Å². The van der Waals surface area contributed by atoms with Gasteiger partial charge >= 0.3 is 4.87 Å². The summed E-state index contributed by atoms with van der Waals surface area (Å²) in [5.41, 5.74) is 2.76. The molecule has 1 aromatic heterocycles. The van der Waals surface area contributed by atoms with E-state index < -0.39 is 10.8 Å². The third-order valence-corrected chi connectivity index (χ3v) is 3.33. The number of hydrogen-bond donors (Lipinski definition) is 4. The van der Waals surface area contributed by atoms with Crippen molar-refractivity contribution in [1.82, 2.24) is 10.3 Å². The molecule has 0 aliphatic heterocycles. The normalized spacial score (nSPS) is 10.1. The number of nitrogen functional groups attached to an aromatic ring is 1. The van der Waals surface area contributed by atoms with Gasteiger partial charge in [-0.2, -0.15) is 0 Å². The summed E-state index contributed by atoms with van der Waals surface area (Å²) in [5, 5.41) is 15.0. The highest BCUT2D eigenvalue weighted by Crippen LogP contribution is 2.22. The molecule has 1 heterocycles. The van der Waals surface area contributed by atoms with E-state index in [1.165, 1.54) is 18.2 Å². The van der Waals surface area contributed by atoms with Gasteiger partial charge in [-0.15, -0.1) is 0 Å². The number of nitro groups is 1. The van der Waals surface area contributed by atoms with Crippen LogP contribution in [0.5, 0.6) is 0 Å². The van der Waals surface area contributed by atoms with E-state index in [4.69, 9.17) is 5.84 Å². The molecule has 0 saturated carbocycles. The fourth-order valence-corrected chi connectivity index (χ4v) is 2.22. The van der Waals surface area contributed by atoms with Gasteiger partial charge in [0, 0.05) is 22.8 Å². The lowest BCUT2D eigenvalue weighted by atomic mass is 10.1. The second-order valence-corrected chi connectivity index (χ2v) is 4.83. The first-order valence-electron chi connectivity index (χ1n) is 5.71. The summed E-state index contributed by atoms with van der Waals surface area (Å²) < 4.78 is 0. The van der Waals surface area contributed by atoms with Crippen molar-refractivity contribution in [3.05, 3.63) is 54.6 Å². The first-order valence-corrected chi connectivity index (χ1v) is 6.59. The molecule has 1 amide bonds. The number of benzene rings is 1. The van der Waals surface area contributed by atoms with E-state index >= 15 is 0 Å². The fourth-order valence-electron chi connectivity index (χ4n) is 1.64.